The van der Waals surface area contributed by atoms with Crippen LogP contribution in [0.1, 0.15) is 11.1 Å². The maximum Gasteiger partial charge on any atom is 0.408 e. The summed E-state index contributed by atoms with van der Waals surface area (Å²) in [7, 11) is 1.29. The predicted molar refractivity (Wildman–Crippen MR) is 98.4 cm³/mol. The van der Waals surface area contributed by atoms with E-state index in [1.165, 1.54) is 7.11 Å². The normalized spacial score (nSPS) is 11.4. The molecule has 1 atom stereocenters. The lowest BCUT2D eigenvalue weighted by Crippen LogP contribution is -2.43. The van der Waals surface area contributed by atoms with Gasteiger partial charge in [0.25, 0.3) is 0 Å². The Kier molecular flexibility index (Phi) is 7.05. The molecule has 0 saturated carbocycles. The van der Waals surface area contributed by atoms with Crippen LogP contribution in [0.15, 0.2) is 54.6 Å². The van der Waals surface area contributed by atoms with Gasteiger partial charge in [-0.1, -0.05) is 42.5 Å². The Morgan fingerprint density at radius 3 is 2.33 bits per heavy atom. The zero-order chi connectivity index (χ0) is 17.4. The Bertz CT molecular complexity index is 673. The van der Waals surface area contributed by atoms with E-state index in [9.17, 15) is 9.59 Å². The highest BCUT2D eigenvalue weighted by Gasteiger charge is 2.22. The largest absolute Gasteiger partial charge is 0.467 e. The second-order valence-electron chi connectivity index (χ2n) is 5.11. The summed E-state index contributed by atoms with van der Waals surface area (Å²) in [5, 5.41) is 2.56. The summed E-state index contributed by atoms with van der Waals surface area (Å²) in [6, 6.07) is 16.2. The van der Waals surface area contributed by atoms with Gasteiger partial charge >= 0.3 is 12.1 Å². The molecule has 1 amide bonds. The summed E-state index contributed by atoms with van der Waals surface area (Å²) in [6.07, 6.45) is -0.316. The van der Waals surface area contributed by atoms with Crippen molar-refractivity contribution in [2.75, 3.05) is 7.11 Å². The van der Waals surface area contributed by atoms with Crippen molar-refractivity contribution in [1.82, 2.24) is 5.32 Å². The minimum absolute atomic E-state index is 0.143. The number of ether oxygens (including phenoxy) is 2. The summed E-state index contributed by atoms with van der Waals surface area (Å²) < 4.78 is 11.0. The molecule has 0 aliphatic carbocycles. The van der Waals surface area contributed by atoms with Crippen LogP contribution < -0.4 is 5.32 Å². The van der Waals surface area contributed by atoms with Crippen molar-refractivity contribution in [2.24, 2.45) is 0 Å². The third-order valence-corrected chi connectivity index (χ3v) is 4.06. The van der Waals surface area contributed by atoms with E-state index < -0.39 is 18.1 Å². The van der Waals surface area contributed by atoms with Gasteiger partial charge in [-0.25, -0.2) is 9.59 Å². The van der Waals surface area contributed by atoms with Crippen LogP contribution in [0.5, 0.6) is 0 Å². The fourth-order valence-electron chi connectivity index (χ4n) is 2.10. The third kappa shape index (κ3) is 5.84. The molecule has 0 aromatic heterocycles. The van der Waals surface area contributed by atoms with Crippen molar-refractivity contribution in [3.8, 4) is 0 Å². The average molecular weight is 439 g/mol. The number of carbonyl (C=O) groups excluding carboxylic acids is 2. The molecule has 0 saturated heterocycles. The SMILES string of the molecule is COC(=O)[C@H](Cc1ccc(I)cc1)NC(=O)OCc1ccccc1. The van der Waals surface area contributed by atoms with Gasteiger partial charge in [-0.3, -0.25) is 0 Å². The molecule has 0 radical (unpaired) electrons. The van der Waals surface area contributed by atoms with Gasteiger partial charge in [-0.2, -0.15) is 0 Å². The zero-order valence-corrected chi connectivity index (χ0v) is 15.4. The van der Waals surface area contributed by atoms with Crippen LogP contribution in [-0.4, -0.2) is 25.2 Å². The minimum Gasteiger partial charge on any atom is -0.467 e. The van der Waals surface area contributed by atoms with Crippen LogP contribution in [0, 0.1) is 3.57 Å². The van der Waals surface area contributed by atoms with Gasteiger partial charge in [-0.15, -0.1) is 0 Å². The van der Waals surface area contributed by atoms with Gasteiger partial charge in [0.05, 0.1) is 7.11 Å². The molecular weight excluding hydrogens is 421 g/mol. The van der Waals surface area contributed by atoms with Crippen molar-refractivity contribution in [2.45, 2.75) is 19.1 Å². The lowest BCUT2D eigenvalue weighted by atomic mass is 10.1. The highest BCUT2D eigenvalue weighted by atomic mass is 127. The van der Waals surface area contributed by atoms with Crippen LogP contribution in [0.3, 0.4) is 0 Å². The van der Waals surface area contributed by atoms with Gasteiger partial charge in [0, 0.05) is 9.99 Å². The summed E-state index contributed by atoms with van der Waals surface area (Å²) in [5.41, 5.74) is 1.80. The molecule has 2 rings (SSSR count). The first-order chi connectivity index (χ1) is 11.6. The van der Waals surface area contributed by atoms with E-state index in [0.717, 1.165) is 14.7 Å². The standard InChI is InChI=1S/C18H18INO4/c1-23-17(21)16(11-13-7-9-15(19)10-8-13)20-18(22)24-12-14-5-3-2-4-6-14/h2-10,16H,11-12H2,1H3,(H,20,22)/t16-/m0/s1. The molecule has 2 aromatic carbocycles. The fraction of sp³-hybridized carbons (Fsp3) is 0.222. The van der Waals surface area contributed by atoms with E-state index in [4.69, 9.17) is 9.47 Å². The number of hydrogen-bond acceptors (Lipinski definition) is 4. The van der Waals surface area contributed by atoms with E-state index >= 15 is 0 Å². The molecule has 1 N–H and O–H groups in total. The van der Waals surface area contributed by atoms with E-state index in [1.54, 1.807) is 0 Å². The maximum atomic E-state index is 11.9. The van der Waals surface area contributed by atoms with Crippen LogP contribution in [-0.2, 0) is 27.3 Å². The molecule has 0 bridgehead atoms. The summed E-state index contributed by atoms with van der Waals surface area (Å²) >= 11 is 2.21. The lowest BCUT2D eigenvalue weighted by Gasteiger charge is -2.16. The number of alkyl carbamates (subject to hydrolysis) is 1. The molecule has 5 nitrogen and oxygen atoms in total. The highest BCUT2D eigenvalue weighted by Crippen LogP contribution is 2.10. The molecule has 24 heavy (non-hydrogen) atoms. The van der Waals surface area contributed by atoms with E-state index in [0.29, 0.717) is 6.42 Å². The van der Waals surface area contributed by atoms with Gasteiger partial charge < -0.3 is 14.8 Å². The molecule has 2 aromatic rings. The Labute approximate surface area is 154 Å². The molecule has 0 aliphatic rings. The number of rotatable bonds is 6. The molecule has 126 valence electrons. The van der Waals surface area contributed by atoms with Crippen molar-refractivity contribution < 1.29 is 19.1 Å². The van der Waals surface area contributed by atoms with Gasteiger partial charge in [0.2, 0.25) is 0 Å². The number of amides is 1. The molecule has 0 aliphatic heterocycles. The summed E-state index contributed by atoms with van der Waals surface area (Å²) in [4.78, 5) is 23.8. The van der Waals surface area contributed by atoms with E-state index in [-0.39, 0.29) is 6.61 Å². The van der Waals surface area contributed by atoms with E-state index in [2.05, 4.69) is 27.9 Å². The molecule has 0 fully saturated rings. The number of benzene rings is 2. The topological polar surface area (TPSA) is 64.6 Å². The molecule has 0 spiro atoms. The monoisotopic (exact) mass is 439 g/mol. The summed E-state index contributed by atoms with van der Waals surface area (Å²) in [6.45, 7) is 0.143. The molecule has 0 heterocycles. The Morgan fingerprint density at radius 1 is 1.04 bits per heavy atom. The number of nitrogens with one attached hydrogen (secondary N) is 1. The molecular formula is C18H18INO4. The number of hydrogen-bond donors (Lipinski definition) is 1. The number of methoxy groups -OCH3 is 1. The lowest BCUT2D eigenvalue weighted by molar-refractivity contribution is -0.143. The average Bonchev–Trinajstić information content (AvgIpc) is 2.61. The van der Waals surface area contributed by atoms with Crippen LogP contribution >= 0.6 is 22.6 Å². The molecule has 0 unspecified atom stereocenters. The fourth-order valence-corrected chi connectivity index (χ4v) is 2.46. The first-order valence-electron chi connectivity index (χ1n) is 7.38. The number of esters is 1. The Hall–Kier alpha value is -2.09. The smallest absolute Gasteiger partial charge is 0.408 e. The minimum atomic E-state index is -0.793. The summed E-state index contributed by atoms with van der Waals surface area (Å²) in [5.74, 6) is -0.509. The number of halogens is 1. The van der Waals surface area contributed by atoms with Crippen molar-refractivity contribution >= 4 is 34.7 Å². The Morgan fingerprint density at radius 2 is 1.71 bits per heavy atom. The highest BCUT2D eigenvalue weighted by molar-refractivity contribution is 14.1. The maximum absolute atomic E-state index is 11.9. The van der Waals surface area contributed by atoms with Crippen LogP contribution in [0.2, 0.25) is 0 Å². The first-order valence-corrected chi connectivity index (χ1v) is 8.46. The van der Waals surface area contributed by atoms with Crippen LogP contribution in [0.4, 0.5) is 4.79 Å². The van der Waals surface area contributed by atoms with Gasteiger partial charge in [0.15, 0.2) is 0 Å². The second-order valence-corrected chi connectivity index (χ2v) is 6.36. The third-order valence-electron chi connectivity index (χ3n) is 3.34. The van der Waals surface area contributed by atoms with Crippen LogP contribution in [0.25, 0.3) is 0 Å². The first kappa shape index (κ1) is 18.3. The van der Waals surface area contributed by atoms with Crippen molar-refractivity contribution in [3.63, 3.8) is 0 Å². The van der Waals surface area contributed by atoms with Gasteiger partial charge in [-0.05, 0) is 45.9 Å². The van der Waals surface area contributed by atoms with Crippen molar-refractivity contribution in [1.29, 1.82) is 0 Å². The predicted octanol–water partition coefficient (Wildman–Crippen LogP) is 3.30. The van der Waals surface area contributed by atoms with E-state index in [1.807, 2.05) is 54.6 Å². The molecule has 6 heteroatoms. The Balaban J connectivity index is 1.93. The van der Waals surface area contributed by atoms with Gasteiger partial charge in [0.1, 0.15) is 12.6 Å². The second kappa shape index (κ2) is 9.27. The zero-order valence-electron chi connectivity index (χ0n) is 13.2. The number of carbonyl (C=O) groups is 2. The van der Waals surface area contributed by atoms with Crippen molar-refractivity contribution in [3.05, 3.63) is 69.3 Å². The quantitative estimate of drug-likeness (QED) is 0.555.